The van der Waals surface area contributed by atoms with Crippen molar-refractivity contribution in [2.24, 2.45) is 0 Å². The second kappa shape index (κ2) is 9.46. The van der Waals surface area contributed by atoms with Crippen molar-refractivity contribution in [3.63, 3.8) is 0 Å². The van der Waals surface area contributed by atoms with E-state index < -0.39 is 6.10 Å². The number of benzene rings is 1. The maximum absolute atomic E-state index is 10.5. The van der Waals surface area contributed by atoms with Crippen molar-refractivity contribution in [1.82, 2.24) is 0 Å². The quantitative estimate of drug-likeness (QED) is 0.468. The van der Waals surface area contributed by atoms with Crippen molar-refractivity contribution in [3.8, 4) is 5.75 Å². The van der Waals surface area contributed by atoms with Crippen molar-refractivity contribution in [3.05, 3.63) is 41.4 Å². The minimum absolute atomic E-state index is 0.353. The molecule has 1 N–H and O–H groups in total. The molecule has 0 saturated carbocycles. The van der Waals surface area contributed by atoms with E-state index in [-0.39, 0.29) is 18.3 Å². The van der Waals surface area contributed by atoms with Crippen LogP contribution >= 0.6 is 11.6 Å². The van der Waals surface area contributed by atoms with E-state index in [4.69, 9.17) is 25.6 Å². The summed E-state index contributed by atoms with van der Waals surface area (Å²) in [5.41, 5.74) is 1.40. The van der Waals surface area contributed by atoms with Crippen LogP contribution in [0.25, 0.3) is 0 Å². The average Bonchev–Trinajstić information content (AvgIpc) is 2.83. The van der Waals surface area contributed by atoms with Crippen LogP contribution in [0.3, 0.4) is 0 Å². The molecule has 1 fully saturated rings. The van der Waals surface area contributed by atoms with Gasteiger partial charge in [-0.05, 0) is 71.1 Å². The first kappa shape index (κ1) is 22.3. The van der Waals surface area contributed by atoms with Crippen LogP contribution in [0.15, 0.2) is 35.8 Å². The fourth-order valence-electron chi connectivity index (χ4n) is 3.05. The molecular weight excluding hydrogens is 362 g/mol. The van der Waals surface area contributed by atoms with Crippen LogP contribution in [0.4, 0.5) is 0 Å². The van der Waals surface area contributed by atoms with Crippen molar-refractivity contribution in [2.75, 3.05) is 13.0 Å². The van der Waals surface area contributed by atoms with Crippen LogP contribution in [0.2, 0.25) is 0 Å². The summed E-state index contributed by atoms with van der Waals surface area (Å²) in [7, 11) is 1.27. The number of aliphatic hydroxyl groups is 1. The third kappa shape index (κ3) is 5.98. The van der Waals surface area contributed by atoms with Crippen LogP contribution in [-0.4, -0.2) is 36.4 Å². The molecule has 0 aliphatic carbocycles. The zero-order chi connectivity index (χ0) is 20.1. The highest BCUT2D eigenvalue weighted by atomic mass is 35.5. The van der Waals surface area contributed by atoms with Gasteiger partial charge in [-0.25, -0.2) is 0 Å². The molecule has 2 rings (SSSR count). The number of ether oxygens (including phenoxy) is 1. The van der Waals surface area contributed by atoms with Gasteiger partial charge < -0.3 is 19.2 Å². The SMILES string of the molecule is COc1ccc(C(O)CC/C(=C\B2OC(C)(C)C(C)(C)O2)CCCCl)cc1. The third-order valence-electron chi connectivity index (χ3n) is 5.51. The smallest absolute Gasteiger partial charge is 0.487 e. The van der Waals surface area contributed by atoms with Gasteiger partial charge in [0, 0.05) is 5.88 Å². The monoisotopic (exact) mass is 394 g/mol. The lowest BCUT2D eigenvalue weighted by molar-refractivity contribution is 0.00578. The summed E-state index contributed by atoms with van der Waals surface area (Å²) in [4.78, 5) is 0. The molecule has 150 valence electrons. The predicted molar refractivity (Wildman–Crippen MR) is 111 cm³/mol. The summed E-state index contributed by atoms with van der Waals surface area (Å²) < 4.78 is 17.3. The molecule has 1 aromatic rings. The predicted octanol–water partition coefficient (Wildman–Crippen LogP) is 5.09. The molecule has 0 aromatic heterocycles. The molecule has 1 saturated heterocycles. The summed E-state index contributed by atoms with van der Waals surface area (Å²) >= 11 is 5.89. The lowest BCUT2D eigenvalue weighted by Crippen LogP contribution is -2.41. The number of hydrogen-bond donors (Lipinski definition) is 1. The van der Waals surface area contributed by atoms with Gasteiger partial charge in [0.15, 0.2) is 0 Å². The molecule has 27 heavy (non-hydrogen) atoms. The fraction of sp³-hybridized carbons (Fsp3) is 0.619. The Morgan fingerprint density at radius 2 is 1.74 bits per heavy atom. The summed E-state index contributed by atoms with van der Waals surface area (Å²) in [5.74, 6) is 3.46. The lowest BCUT2D eigenvalue weighted by Gasteiger charge is -2.32. The number of hydrogen-bond acceptors (Lipinski definition) is 4. The Balaban J connectivity index is 2.01. The zero-order valence-electron chi connectivity index (χ0n) is 17.1. The van der Waals surface area contributed by atoms with Gasteiger partial charge in [-0.3, -0.25) is 0 Å². The van der Waals surface area contributed by atoms with Crippen LogP contribution in [0, 0.1) is 0 Å². The second-order valence-corrected chi connectivity index (χ2v) is 8.45. The highest BCUT2D eigenvalue weighted by Gasteiger charge is 2.50. The Morgan fingerprint density at radius 3 is 2.26 bits per heavy atom. The summed E-state index contributed by atoms with van der Waals surface area (Å²) in [5, 5.41) is 10.5. The van der Waals surface area contributed by atoms with E-state index in [1.54, 1.807) is 7.11 Å². The summed E-state index contributed by atoms with van der Waals surface area (Å²) in [6, 6.07) is 7.54. The van der Waals surface area contributed by atoms with Crippen molar-refractivity contribution < 1.29 is 19.2 Å². The number of aliphatic hydroxyl groups excluding tert-OH is 1. The normalized spacial score (nSPS) is 20.0. The molecule has 0 bridgehead atoms. The molecule has 1 aromatic carbocycles. The van der Waals surface area contributed by atoms with Crippen LogP contribution in [0.5, 0.6) is 5.75 Å². The standard InChI is InChI=1S/C21H32BClO4/c1-20(2)21(3,4)27-22(26-20)15-16(7-6-14-23)8-13-19(24)17-9-11-18(25-5)12-10-17/h9-12,15,19,24H,6-8,13-14H2,1-5H3/b16-15-. The third-order valence-corrected chi connectivity index (χ3v) is 5.78. The number of methoxy groups -OCH3 is 1. The topological polar surface area (TPSA) is 47.9 Å². The molecule has 1 atom stereocenters. The van der Waals surface area contributed by atoms with Crippen molar-refractivity contribution in [2.45, 2.75) is 70.7 Å². The van der Waals surface area contributed by atoms with Crippen molar-refractivity contribution in [1.29, 1.82) is 0 Å². The maximum atomic E-state index is 10.5. The first-order valence-corrected chi connectivity index (χ1v) is 10.1. The van der Waals surface area contributed by atoms with E-state index in [9.17, 15) is 5.11 Å². The summed E-state index contributed by atoms with van der Waals surface area (Å²) in [6.07, 6.45) is 2.66. The molecule has 6 heteroatoms. The van der Waals surface area contributed by atoms with Gasteiger partial charge in [0.1, 0.15) is 5.75 Å². The highest BCUT2D eigenvalue weighted by Crippen LogP contribution is 2.37. The maximum Gasteiger partial charge on any atom is 0.487 e. The van der Waals surface area contributed by atoms with Gasteiger partial charge in [0.05, 0.1) is 24.4 Å². The number of halogens is 1. The Hall–Kier alpha value is -1.01. The Labute approximate surface area is 169 Å². The first-order valence-electron chi connectivity index (χ1n) is 9.61. The summed E-state index contributed by atoms with van der Waals surface area (Å²) in [6.45, 7) is 8.19. The van der Waals surface area contributed by atoms with E-state index >= 15 is 0 Å². The van der Waals surface area contributed by atoms with Gasteiger partial charge >= 0.3 is 7.12 Å². The Morgan fingerprint density at radius 1 is 1.15 bits per heavy atom. The van der Waals surface area contributed by atoms with E-state index in [0.29, 0.717) is 12.3 Å². The van der Waals surface area contributed by atoms with Crippen LogP contribution < -0.4 is 4.74 Å². The molecule has 1 unspecified atom stereocenters. The van der Waals surface area contributed by atoms with Gasteiger partial charge in [-0.2, -0.15) is 0 Å². The second-order valence-electron chi connectivity index (χ2n) is 8.07. The molecule has 1 heterocycles. The first-order chi connectivity index (χ1) is 12.7. The van der Waals surface area contributed by atoms with E-state index in [1.165, 1.54) is 5.57 Å². The van der Waals surface area contributed by atoms with Gasteiger partial charge in [0.25, 0.3) is 0 Å². The van der Waals surface area contributed by atoms with Crippen molar-refractivity contribution >= 4 is 18.7 Å². The minimum Gasteiger partial charge on any atom is -0.497 e. The van der Waals surface area contributed by atoms with Crippen LogP contribution in [-0.2, 0) is 9.31 Å². The molecule has 4 nitrogen and oxygen atoms in total. The van der Waals surface area contributed by atoms with Gasteiger partial charge in [0.2, 0.25) is 0 Å². The van der Waals surface area contributed by atoms with Crippen LogP contribution in [0.1, 0.15) is 65.0 Å². The fourth-order valence-corrected chi connectivity index (χ4v) is 3.18. The highest BCUT2D eigenvalue weighted by molar-refractivity contribution is 6.51. The molecule has 0 amide bonds. The van der Waals surface area contributed by atoms with E-state index in [2.05, 4.69) is 5.98 Å². The minimum atomic E-state index is -0.520. The van der Waals surface area contributed by atoms with E-state index in [1.807, 2.05) is 52.0 Å². The molecule has 1 aliphatic rings. The Bertz CT molecular complexity index is 612. The molecule has 1 aliphatic heterocycles. The lowest BCUT2D eigenvalue weighted by atomic mass is 9.84. The molecular formula is C21H32BClO4. The van der Waals surface area contributed by atoms with Gasteiger partial charge in [-0.15, -0.1) is 11.6 Å². The largest absolute Gasteiger partial charge is 0.497 e. The Kier molecular flexibility index (Phi) is 7.81. The molecule has 0 spiro atoms. The van der Waals surface area contributed by atoms with Gasteiger partial charge in [-0.1, -0.05) is 23.7 Å². The number of alkyl halides is 1. The molecule has 0 radical (unpaired) electrons. The number of rotatable bonds is 9. The zero-order valence-corrected chi connectivity index (χ0v) is 17.9. The number of allylic oxidation sites excluding steroid dienone is 1. The van der Waals surface area contributed by atoms with E-state index in [0.717, 1.165) is 30.6 Å². The average molecular weight is 395 g/mol.